The summed E-state index contributed by atoms with van der Waals surface area (Å²) in [5.74, 6) is 0.666. The van der Waals surface area contributed by atoms with Crippen molar-refractivity contribution in [2.75, 3.05) is 6.54 Å². The van der Waals surface area contributed by atoms with Gasteiger partial charge in [-0.15, -0.1) is 0 Å². The molecule has 0 saturated heterocycles. The van der Waals surface area contributed by atoms with E-state index in [2.05, 4.69) is 9.71 Å². The molecule has 0 aromatic carbocycles. The van der Waals surface area contributed by atoms with Crippen LogP contribution in [0.2, 0.25) is 5.15 Å². The van der Waals surface area contributed by atoms with E-state index in [4.69, 9.17) is 11.6 Å². The van der Waals surface area contributed by atoms with Crippen LogP contribution in [0.4, 0.5) is 0 Å². The molecule has 4 nitrogen and oxygen atoms in total. The highest BCUT2D eigenvalue weighted by atomic mass is 35.5. The molecule has 1 aromatic rings. The highest BCUT2D eigenvalue weighted by Crippen LogP contribution is 2.25. The summed E-state index contributed by atoms with van der Waals surface area (Å²) in [6.07, 6.45) is 8.52. The zero-order chi connectivity index (χ0) is 13.7. The number of aromatic nitrogens is 1. The van der Waals surface area contributed by atoms with Crippen molar-refractivity contribution in [2.24, 2.45) is 5.92 Å². The van der Waals surface area contributed by atoms with Crippen LogP contribution < -0.4 is 4.72 Å². The quantitative estimate of drug-likeness (QED) is 0.851. The minimum atomic E-state index is -3.45. The number of rotatable bonds is 5. The minimum absolute atomic E-state index is 0.167. The molecular weight excluding hydrogens is 284 g/mol. The van der Waals surface area contributed by atoms with Crippen LogP contribution in [0.15, 0.2) is 23.2 Å². The van der Waals surface area contributed by atoms with Gasteiger partial charge in [-0.05, 0) is 24.5 Å². The Morgan fingerprint density at radius 2 is 2.00 bits per heavy atom. The molecule has 0 amide bonds. The lowest BCUT2D eigenvalue weighted by molar-refractivity contribution is 0.339. The second kappa shape index (κ2) is 6.68. The number of sulfonamides is 1. The number of hydrogen-bond donors (Lipinski definition) is 1. The Hall–Kier alpha value is -0.650. The van der Waals surface area contributed by atoms with Crippen LogP contribution in [0.5, 0.6) is 0 Å². The van der Waals surface area contributed by atoms with Crippen molar-refractivity contribution in [3.8, 4) is 0 Å². The van der Waals surface area contributed by atoms with E-state index in [-0.39, 0.29) is 4.90 Å². The van der Waals surface area contributed by atoms with Gasteiger partial charge in [0.15, 0.2) is 0 Å². The molecule has 106 valence electrons. The minimum Gasteiger partial charge on any atom is -0.243 e. The van der Waals surface area contributed by atoms with Gasteiger partial charge in [-0.2, -0.15) is 0 Å². The fraction of sp³-hybridized carbons (Fsp3) is 0.615. The first-order valence-electron chi connectivity index (χ1n) is 6.69. The number of nitrogens with one attached hydrogen (secondary N) is 1. The smallest absolute Gasteiger partial charge is 0.242 e. The third kappa shape index (κ3) is 4.44. The predicted octanol–water partition coefficient (Wildman–Crippen LogP) is 2.98. The van der Waals surface area contributed by atoms with Gasteiger partial charge in [0.1, 0.15) is 10.0 Å². The zero-order valence-corrected chi connectivity index (χ0v) is 12.4. The topological polar surface area (TPSA) is 59.1 Å². The molecule has 1 saturated carbocycles. The average molecular weight is 303 g/mol. The maximum Gasteiger partial charge on any atom is 0.242 e. The summed E-state index contributed by atoms with van der Waals surface area (Å²) in [6.45, 7) is 0.496. The fourth-order valence-electron chi connectivity index (χ4n) is 2.48. The van der Waals surface area contributed by atoms with E-state index in [1.807, 2.05) is 0 Å². The molecule has 0 spiro atoms. The van der Waals surface area contributed by atoms with E-state index in [0.29, 0.717) is 17.6 Å². The average Bonchev–Trinajstić information content (AvgIpc) is 2.40. The lowest BCUT2D eigenvalue weighted by Crippen LogP contribution is -2.26. The standard InChI is InChI=1S/C13H19ClN2O2S/c14-13-7-6-12(10-15-13)19(17,18)16-9-8-11-4-2-1-3-5-11/h6-7,10-11,16H,1-5,8-9H2. The van der Waals surface area contributed by atoms with Gasteiger partial charge in [-0.25, -0.2) is 18.1 Å². The van der Waals surface area contributed by atoms with Crippen molar-refractivity contribution in [3.05, 3.63) is 23.5 Å². The molecule has 6 heteroatoms. The molecule has 1 aliphatic rings. The zero-order valence-electron chi connectivity index (χ0n) is 10.8. The number of hydrogen-bond acceptors (Lipinski definition) is 3. The Balaban J connectivity index is 1.85. The van der Waals surface area contributed by atoms with E-state index >= 15 is 0 Å². The summed E-state index contributed by atoms with van der Waals surface area (Å²) >= 11 is 5.64. The van der Waals surface area contributed by atoms with Gasteiger partial charge in [-0.3, -0.25) is 0 Å². The van der Waals surface area contributed by atoms with Gasteiger partial charge < -0.3 is 0 Å². The van der Waals surface area contributed by atoms with Gasteiger partial charge in [-0.1, -0.05) is 43.7 Å². The van der Waals surface area contributed by atoms with E-state index < -0.39 is 10.0 Å². The first-order chi connectivity index (χ1) is 9.08. The molecule has 0 bridgehead atoms. The van der Waals surface area contributed by atoms with Crippen molar-refractivity contribution in [1.29, 1.82) is 0 Å². The molecule has 0 aliphatic heterocycles. The van der Waals surface area contributed by atoms with Crippen molar-refractivity contribution in [1.82, 2.24) is 9.71 Å². The van der Waals surface area contributed by atoms with E-state index in [9.17, 15) is 8.42 Å². The molecule has 2 rings (SSSR count). The van der Waals surface area contributed by atoms with Gasteiger partial charge in [0.25, 0.3) is 0 Å². The lowest BCUT2D eigenvalue weighted by Gasteiger charge is -2.21. The maximum atomic E-state index is 12.0. The Morgan fingerprint density at radius 3 is 2.63 bits per heavy atom. The van der Waals surface area contributed by atoms with Crippen LogP contribution in [0, 0.1) is 5.92 Å². The van der Waals surface area contributed by atoms with Crippen molar-refractivity contribution < 1.29 is 8.42 Å². The van der Waals surface area contributed by atoms with Gasteiger partial charge in [0, 0.05) is 12.7 Å². The Kier molecular flexibility index (Phi) is 5.19. The number of halogens is 1. The largest absolute Gasteiger partial charge is 0.243 e. The second-order valence-electron chi connectivity index (χ2n) is 5.01. The van der Waals surface area contributed by atoms with Crippen LogP contribution in [-0.4, -0.2) is 19.9 Å². The molecule has 1 aromatic heterocycles. The second-order valence-corrected chi connectivity index (χ2v) is 7.16. The van der Waals surface area contributed by atoms with Crippen LogP contribution in [0.1, 0.15) is 38.5 Å². The molecule has 0 atom stereocenters. The molecule has 0 radical (unpaired) electrons. The van der Waals surface area contributed by atoms with Crippen molar-refractivity contribution >= 4 is 21.6 Å². The summed E-state index contributed by atoms with van der Waals surface area (Å²) < 4.78 is 26.6. The summed E-state index contributed by atoms with van der Waals surface area (Å²) in [7, 11) is -3.45. The molecule has 1 aliphatic carbocycles. The first kappa shape index (κ1) is 14.8. The van der Waals surface area contributed by atoms with Crippen molar-refractivity contribution in [2.45, 2.75) is 43.4 Å². The van der Waals surface area contributed by atoms with Crippen molar-refractivity contribution in [3.63, 3.8) is 0 Å². The van der Waals surface area contributed by atoms with Gasteiger partial charge in [0.05, 0.1) is 0 Å². The Morgan fingerprint density at radius 1 is 1.26 bits per heavy atom. The summed E-state index contributed by atoms with van der Waals surface area (Å²) in [5.41, 5.74) is 0. The molecule has 0 unspecified atom stereocenters. The fourth-order valence-corrected chi connectivity index (χ4v) is 3.58. The number of nitrogens with zero attached hydrogens (tertiary/aromatic N) is 1. The van der Waals surface area contributed by atoms with Crippen LogP contribution in [0.25, 0.3) is 0 Å². The molecular formula is C13H19ClN2O2S. The van der Waals surface area contributed by atoms with E-state index in [1.165, 1.54) is 50.4 Å². The molecule has 1 heterocycles. The third-order valence-corrected chi connectivity index (χ3v) is 5.25. The first-order valence-corrected chi connectivity index (χ1v) is 8.55. The number of pyridine rings is 1. The highest BCUT2D eigenvalue weighted by molar-refractivity contribution is 7.89. The predicted molar refractivity (Wildman–Crippen MR) is 75.6 cm³/mol. The van der Waals surface area contributed by atoms with Crippen LogP contribution >= 0.6 is 11.6 Å². The Labute approximate surface area is 119 Å². The van der Waals surface area contributed by atoms with Gasteiger partial charge >= 0.3 is 0 Å². The van der Waals surface area contributed by atoms with Gasteiger partial charge in [0.2, 0.25) is 10.0 Å². The normalized spacial score (nSPS) is 17.5. The summed E-state index contributed by atoms with van der Waals surface area (Å²) in [4.78, 5) is 3.96. The summed E-state index contributed by atoms with van der Waals surface area (Å²) in [5, 5.41) is 0.293. The SMILES string of the molecule is O=S(=O)(NCCC1CCCCC1)c1ccc(Cl)nc1. The monoisotopic (exact) mass is 302 g/mol. The maximum absolute atomic E-state index is 12.0. The summed E-state index contributed by atoms with van der Waals surface area (Å²) in [6, 6.07) is 2.95. The third-order valence-electron chi connectivity index (χ3n) is 3.58. The highest BCUT2D eigenvalue weighted by Gasteiger charge is 2.17. The van der Waals surface area contributed by atoms with E-state index in [1.54, 1.807) is 0 Å². The molecule has 1 fully saturated rings. The van der Waals surface area contributed by atoms with Crippen LogP contribution in [-0.2, 0) is 10.0 Å². The molecule has 19 heavy (non-hydrogen) atoms. The Bertz CT molecular complexity index is 496. The van der Waals surface area contributed by atoms with E-state index in [0.717, 1.165) is 6.42 Å². The lowest BCUT2D eigenvalue weighted by atomic mass is 9.87. The van der Waals surface area contributed by atoms with Crippen LogP contribution in [0.3, 0.4) is 0 Å². The molecule has 1 N–H and O–H groups in total.